The maximum atomic E-state index is 13.3. The molecule has 0 bridgehead atoms. The first-order valence-electron chi connectivity index (χ1n) is 14.3. The molecule has 0 atom stereocenters. The van der Waals surface area contributed by atoms with Gasteiger partial charge in [-0.15, -0.1) is 0 Å². The van der Waals surface area contributed by atoms with Crippen molar-refractivity contribution in [1.29, 1.82) is 10.5 Å². The summed E-state index contributed by atoms with van der Waals surface area (Å²) in [4.78, 5) is 25.5. The number of ether oxygens (including phenoxy) is 3. The average Bonchev–Trinajstić information content (AvgIpc) is 2.99. The van der Waals surface area contributed by atoms with Gasteiger partial charge in [0.25, 0.3) is 5.91 Å². The van der Waals surface area contributed by atoms with Crippen LogP contribution in [0.4, 0.5) is 4.79 Å². The van der Waals surface area contributed by atoms with Gasteiger partial charge in [0.05, 0.1) is 23.3 Å². The molecule has 9 nitrogen and oxygen atoms in total. The number of hydrogen-bond acceptors (Lipinski definition) is 7. The van der Waals surface area contributed by atoms with E-state index in [1.807, 2.05) is 45.0 Å². The molecule has 1 aliphatic rings. The highest BCUT2D eigenvalue weighted by molar-refractivity contribution is 5.95. The van der Waals surface area contributed by atoms with Gasteiger partial charge in [-0.1, -0.05) is 24.3 Å². The van der Waals surface area contributed by atoms with E-state index in [1.54, 1.807) is 42.5 Å². The number of benzene rings is 3. The van der Waals surface area contributed by atoms with Gasteiger partial charge in [-0.25, -0.2) is 4.79 Å². The summed E-state index contributed by atoms with van der Waals surface area (Å²) < 4.78 is 17.4. The molecule has 222 valence electrons. The Morgan fingerprint density at radius 2 is 1.19 bits per heavy atom. The van der Waals surface area contributed by atoms with Crippen LogP contribution >= 0.6 is 0 Å². The SMILES string of the molecule is CC(C)(C)OC(=O)NC1CCC(NC(=O)c2cc(OCc3ccc(C#N)cc3)cc(OCc3ccc(C#N)cc3)c2)CC1. The molecule has 0 saturated heterocycles. The van der Waals surface area contributed by atoms with Crippen LogP contribution in [0.5, 0.6) is 11.5 Å². The summed E-state index contributed by atoms with van der Waals surface area (Å²) in [7, 11) is 0. The highest BCUT2D eigenvalue weighted by Crippen LogP contribution is 2.26. The van der Waals surface area contributed by atoms with Gasteiger partial charge in [0, 0.05) is 23.7 Å². The molecule has 9 heteroatoms. The molecule has 0 aromatic heterocycles. The quantitative estimate of drug-likeness (QED) is 0.310. The summed E-state index contributed by atoms with van der Waals surface area (Å²) in [6.45, 7) is 5.99. The van der Waals surface area contributed by atoms with E-state index in [9.17, 15) is 9.59 Å². The van der Waals surface area contributed by atoms with Crippen molar-refractivity contribution in [3.63, 3.8) is 0 Å². The number of hydrogen-bond donors (Lipinski definition) is 2. The molecule has 1 aliphatic carbocycles. The second kappa shape index (κ2) is 14.2. The highest BCUT2D eigenvalue weighted by atomic mass is 16.6. The van der Waals surface area contributed by atoms with Crippen molar-refractivity contribution < 1.29 is 23.8 Å². The maximum absolute atomic E-state index is 13.3. The van der Waals surface area contributed by atoms with Crippen LogP contribution in [0, 0.1) is 22.7 Å². The van der Waals surface area contributed by atoms with Crippen LogP contribution in [0.1, 0.15) is 79.1 Å². The van der Waals surface area contributed by atoms with Gasteiger partial charge < -0.3 is 24.8 Å². The summed E-state index contributed by atoms with van der Waals surface area (Å²) in [5.41, 5.74) is 2.74. The fraction of sp³-hybridized carbons (Fsp3) is 0.353. The number of carbonyl (C=O) groups is 2. The van der Waals surface area contributed by atoms with Gasteiger partial charge in [0.1, 0.15) is 30.3 Å². The molecular weight excluding hydrogens is 544 g/mol. The molecule has 0 aliphatic heterocycles. The van der Waals surface area contributed by atoms with Crippen molar-refractivity contribution in [2.24, 2.45) is 0 Å². The first kappa shape index (κ1) is 30.9. The molecule has 3 aromatic rings. The first-order valence-corrected chi connectivity index (χ1v) is 14.3. The minimum Gasteiger partial charge on any atom is -0.489 e. The minimum absolute atomic E-state index is 0.00387. The zero-order chi connectivity index (χ0) is 30.8. The number of nitrogens with one attached hydrogen (secondary N) is 2. The summed E-state index contributed by atoms with van der Waals surface area (Å²) in [6.07, 6.45) is 2.49. The normalized spacial score (nSPS) is 16.2. The molecule has 2 amide bonds. The maximum Gasteiger partial charge on any atom is 0.407 e. The van der Waals surface area contributed by atoms with E-state index < -0.39 is 11.7 Å². The number of rotatable bonds is 9. The van der Waals surface area contributed by atoms with Crippen LogP contribution in [0.15, 0.2) is 66.7 Å². The fourth-order valence-corrected chi connectivity index (χ4v) is 4.68. The molecule has 0 unspecified atom stereocenters. The smallest absolute Gasteiger partial charge is 0.407 e. The Labute approximate surface area is 252 Å². The zero-order valence-electron chi connectivity index (χ0n) is 24.7. The summed E-state index contributed by atoms with van der Waals surface area (Å²) in [5.74, 6) is 0.699. The van der Waals surface area contributed by atoms with Crippen LogP contribution in [-0.2, 0) is 18.0 Å². The first-order chi connectivity index (χ1) is 20.6. The molecule has 0 radical (unpaired) electrons. The number of amides is 2. The molecule has 0 heterocycles. The standard InChI is InChI=1S/C34H36N4O5/c1-34(2,3)43-33(40)38-29-14-12-28(13-15-29)37-32(39)27-16-30(41-21-25-8-4-23(19-35)5-9-25)18-31(17-27)42-22-26-10-6-24(20-36)7-11-26/h4-11,16-18,28-29H,12-15,21-22H2,1-3H3,(H,37,39)(H,38,40). The number of carbonyl (C=O) groups excluding carboxylic acids is 2. The van der Waals surface area contributed by atoms with Crippen molar-refractivity contribution in [2.45, 2.75) is 77.4 Å². The summed E-state index contributed by atoms with van der Waals surface area (Å²) in [6, 6.07) is 23.5. The number of nitrogens with zero attached hydrogens (tertiary/aromatic N) is 2. The Morgan fingerprint density at radius 3 is 1.60 bits per heavy atom. The molecular formula is C34H36N4O5. The Bertz CT molecular complexity index is 1410. The summed E-state index contributed by atoms with van der Waals surface area (Å²) in [5, 5.41) is 24.1. The van der Waals surface area contributed by atoms with Crippen molar-refractivity contribution in [2.75, 3.05) is 0 Å². The van der Waals surface area contributed by atoms with Crippen LogP contribution in [-0.4, -0.2) is 29.7 Å². The summed E-state index contributed by atoms with van der Waals surface area (Å²) >= 11 is 0. The molecule has 1 saturated carbocycles. The van der Waals surface area contributed by atoms with Crippen molar-refractivity contribution >= 4 is 12.0 Å². The van der Waals surface area contributed by atoms with Crippen molar-refractivity contribution in [3.8, 4) is 23.6 Å². The van der Waals surface area contributed by atoms with Gasteiger partial charge in [-0.3, -0.25) is 4.79 Å². The van der Waals surface area contributed by atoms with Crippen LogP contribution in [0.25, 0.3) is 0 Å². The van der Waals surface area contributed by atoms with Crippen LogP contribution < -0.4 is 20.1 Å². The predicted octanol–water partition coefficient (Wildman–Crippen LogP) is 6.15. The van der Waals surface area contributed by atoms with E-state index in [0.29, 0.717) is 28.2 Å². The largest absolute Gasteiger partial charge is 0.489 e. The molecule has 2 N–H and O–H groups in total. The lowest BCUT2D eigenvalue weighted by atomic mass is 9.91. The minimum atomic E-state index is -0.555. The highest BCUT2D eigenvalue weighted by Gasteiger charge is 2.26. The van der Waals surface area contributed by atoms with Gasteiger partial charge in [-0.2, -0.15) is 10.5 Å². The van der Waals surface area contributed by atoms with E-state index in [4.69, 9.17) is 24.7 Å². The lowest BCUT2D eigenvalue weighted by molar-refractivity contribution is 0.0488. The fourth-order valence-electron chi connectivity index (χ4n) is 4.68. The number of nitriles is 2. The Balaban J connectivity index is 1.41. The Morgan fingerprint density at radius 1 is 0.744 bits per heavy atom. The second-order valence-electron chi connectivity index (χ2n) is 11.6. The van der Waals surface area contributed by atoms with E-state index >= 15 is 0 Å². The topological polar surface area (TPSA) is 133 Å². The monoisotopic (exact) mass is 580 g/mol. The second-order valence-corrected chi connectivity index (χ2v) is 11.6. The third-order valence-electron chi connectivity index (χ3n) is 6.90. The Hall–Kier alpha value is -5.02. The van der Waals surface area contributed by atoms with E-state index in [0.717, 1.165) is 36.8 Å². The predicted molar refractivity (Wildman–Crippen MR) is 160 cm³/mol. The van der Waals surface area contributed by atoms with Crippen LogP contribution in [0.3, 0.4) is 0 Å². The van der Waals surface area contributed by atoms with Gasteiger partial charge in [0.15, 0.2) is 0 Å². The van der Waals surface area contributed by atoms with Gasteiger partial charge in [0.2, 0.25) is 0 Å². The lowest BCUT2D eigenvalue weighted by Crippen LogP contribution is -2.45. The van der Waals surface area contributed by atoms with Gasteiger partial charge >= 0.3 is 6.09 Å². The molecule has 0 spiro atoms. The lowest BCUT2D eigenvalue weighted by Gasteiger charge is -2.30. The Kier molecular flexibility index (Phi) is 10.2. The van der Waals surface area contributed by atoms with Gasteiger partial charge in [-0.05, 0) is 94.0 Å². The van der Waals surface area contributed by atoms with Crippen LogP contribution in [0.2, 0.25) is 0 Å². The molecule has 1 fully saturated rings. The van der Waals surface area contributed by atoms with E-state index in [-0.39, 0.29) is 31.2 Å². The molecule has 4 rings (SSSR count). The number of alkyl carbamates (subject to hydrolysis) is 1. The molecule has 43 heavy (non-hydrogen) atoms. The average molecular weight is 581 g/mol. The van der Waals surface area contributed by atoms with E-state index in [1.165, 1.54) is 0 Å². The van der Waals surface area contributed by atoms with Crippen molar-refractivity contribution in [1.82, 2.24) is 10.6 Å². The zero-order valence-corrected chi connectivity index (χ0v) is 24.7. The van der Waals surface area contributed by atoms with Crippen molar-refractivity contribution in [3.05, 3.63) is 94.5 Å². The third-order valence-corrected chi connectivity index (χ3v) is 6.90. The molecule has 3 aromatic carbocycles. The van der Waals surface area contributed by atoms with E-state index in [2.05, 4.69) is 22.8 Å². The third kappa shape index (κ3) is 9.79.